The molecule has 0 aliphatic rings. The molecule has 0 fully saturated rings. The Morgan fingerprint density at radius 2 is 1.89 bits per heavy atom. The van der Waals surface area contributed by atoms with Crippen LogP contribution in [0.2, 0.25) is 5.02 Å². The Hall–Kier alpha value is -2.40. The molecule has 96 valence electrons. The zero-order valence-corrected chi connectivity index (χ0v) is 10.4. The Morgan fingerprint density at radius 1 is 1.16 bits per heavy atom. The fourth-order valence-corrected chi connectivity index (χ4v) is 1.76. The van der Waals surface area contributed by atoms with E-state index in [-0.39, 0.29) is 5.69 Å². The molecule has 5 nitrogen and oxygen atoms in total. The first kappa shape index (κ1) is 13.0. The number of hydrogen-bond donors (Lipinski definition) is 1. The second-order valence-electron chi connectivity index (χ2n) is 3.74. The smallest absolute Gasteiger partial charge is 0.271 e. The second kappa shape index (κ2) is 5.49. The monoisotopic (exact) mass is 276 g/mol. The SMILES string of the molecule is O=C(Nc1cccc([N+](=O)[O-])c1)c1ccccc1Cl. The summed E-state index contributed by atoms with van der Waals surface area (Å²) in [7, 11) is 0. The molecule has 0 atom stereocenters. The van der Waals surface area contributed by atoms with E-state index >= 15 is 0 Å². The van der Waals surface area contributed by atoms with E-state index in [4.69, 9.17) is 11.6 Å². The number of nitrogens with zero attached hydrogens (tertiary/aromatic N) is 1. The van der Waals surface area contributed by atoms with Crippen LogP contribution in [0.5, 0.6) is 0 Å². The van der Waals surface area contributed by atoms with Gasteiger partial charge in [-0.05, 0) is 18.2 Å². The van der Waals surface area contributed by atoms with Crippen LogP contribution in [-0.2, 0) is 0 Å². The van der Waals surface area contributed by atoms with Crippen molar-refractivity contribution in [1.29, 1.82) is 0 Å². The van der Waals surface area contributed by atoms with Crippen LogP contribution in [-0.4, -0.2) is 10.8 Å². The maximum Gasteiger partial charge on any atom is 0.271 e. The summed E-state index contributed by atoms with van der Waals surface area (Å²) in [5, 5.41) is 13.5. The highest BCUT2D eigenvalue weighted by atomic mass is 35.5. The number of anilines is 1. The Kier molecular flexibility index (Phi) is 3.77. The van der Waals surface area contributed by atoms with Crippen molar-refractivity contribution in [2.24, 2.45) is 0 Å². The van der Waals surface area contributed by atoms with Crippen molar-refractivity contribution in [3.05, 3.63) is 69.2 Å². The van der Waals surface area contributed by atoms with Crippen LogP contribution in [0.3, 0.4) is 0 Å². The standard InChI is InChI=1S/C13H9ClN2O3/c14-12-7-2-1-6-11(12)13(17)15-9-4-3-5-10(8-9)16(18)19/h1-8H,(H,15,17). The molecular weight excluding hydrogens is 268 g/mol. The maximum absolute atomic E-state index is 12.0. The first-order valence-electron chi connectivity index (χ1n) is 5.38. The van der Waals surface area contributed by atoms with Crippen LogP contribution in [0.1, 0.15) is 10.4 Å². The minimum atomic E-state index is -0.523. The lowest BCUT2D eigenvalue weighted by Crippen LogP contribution is -2.12. The van der Waals surface area contributed by atoms with Gasteiger partial charge in [-0.2, -0.15) is 0 Å². The fraction of sp³-hybridized carbons (Fsp3) is 0. The second-order valence-corrected chi connectivity index (χ2v) is 4.15. The van der Waals surface area contributed by atoms with Gasteiger partial charge >= 0.3 is 0 Å². The number of carbonyl (C=O) groups excluding carboxylic acids is 1. The van der Waals surface area contributed by atoms with Crippen molar-refractivity contribution in [3.8, 4) is 0 Å². The summed E-state index contributed by atoms with van der Waals surface area (Å²) in [5.74, 6) is -0.411. The van der Waals surface area contributed by atoms with Crippen LogP contribution < -0.4 is 5.32 Å². The summed E-state index contributed by atoms with van der Waals surface area (Å²) in [6.45, 7) is 0. The number of amides is 1. The van der Waals surface area contributed by atoms with Crippen molar-refractivity contribution in [2.45, 2.75) is 0 Å². The highest BCUT2D eigenvalue weighted by Crippen LogP contribution is 2.20. The Bertz CT molecular complexity index is 643. The van der Waals surface area contributed by atoms with Crippen LogP contribution in [0.15, 0.2) is 48.5 Å². The molecule has 0 saturated carbocycles. The molecule has 0 aliphatic carbocycles. The van der Waals surface area contributed by atoms with Gasteiger partial charge in [0.2, 0.25) is 0 Å². The number of benzene rings is 2. The van der Waals surface area contributed by atoms with E-state index in [1.54, 1.807) is 30.3 Å². The highest BCUT2D eigenvalue weighted by molar-refractivity contribution is 6.34. The summed E-state index contributed by atoms with van der Waals surface area (Å²) in [6.07, 6.45) is 0. The first-order valence-corrected chi connectivity index (χ1v) is 5.76. The Labute approximate surface area is 114 Å². The molecule has 0 spiro atoms. The predicted molar refractivity (Wildman–Crippen MR) is 72.5 cm³/mol. The van der Waals surface area contributed by atoms with Gasteiger partial charge in [-0.3, -0.25) is 14.9 Å². The lowest BCUT2D eigenvalue weighted by molar-refractivity contribution is -0.384. The molecule has 0 bridgehead atoms. The van der Waals surface area contributed by atoms with E-state index in [9.17, 15) is 14.9 Å². The highest BCUT2D eigenvalue weighted by Gasteiger charge is 2.11. The van der Waals surface area contributed by atoms with Gasteiger partial charge in [-0.1, -0.05) is 29.8 Å². The summed E-state index contributed by atoms with van der Waals surface area (Å²) in [5.41, 5.74) is 0.576. The maximum atomic E-state index is 12.0. The molecule has 0 unspecified atom stereocenters. The Balaban J connectivity index is 2.22. The molecule has 2 aromatic rings. The zero-order valence-electron chi connectivity index (χ0n) is 9.67. The van der Waals surface area contributed by atoms with E-state index in [0.29, 0.717) is 16.3 Å². The average molecular weight is 277 g/mol. The van der Waals surface area contributed by atoms with Gasteiger partial charge in [-0.25, -0.2) is 0 Å². The number of non-ortho nitro benzene ring substituents is 1. The van der Waals surface area contributed by atoms with E-state index < -0.39 is 10.8 Å². The van der Waals surface area contributed by atoms with Crippen molar-refractivity contribution < 1.29 is 9.72 Å². The van der Waals surface area contributed by atoms with Crippen LogP contribution in [0.4, 0.5) is 11.4 Å². The number of hydrogen-bond acceptors (Lipinski definition) is 3. The molecule has 0 saturated heterocycles. The van der Waals surface area contributed by atoms with Gasteiger partial charge in [0.1, 0.15) is 0 Å². The fourth-order valence-electron chi connectivity index (χ4n) is 1.54. The molecule has 0 aromatic heterocycles. The molecule has 0 aliphatic heterocycles. The zero-order chi connectivity index (χ0) is 13.8. The third kappa shape index (κ3) is 3.08. The quantitative estimate of drug-likeness (QED) is 0.689. The summed E-state index contributed by atoms with van der Waals surface area (Å²) >= 11 is 5.90. The summed E-state index contributed by atoms with van der Waals surface area (Å²) in [4.78, 5) is 22.1. The number of rotatable bonds is 3. The van der Waals surface area contributed by atoms with Gasteiger partial charge in [-0.15, -0.1) is 0 Å². The van der Waals surface area contributed by atoms with E-state index in [1.165, 1.54) is 18.2 Å². The normalized spacial score (nSPS) is 9.95. The van der Waals surface area contributed by atoms with Gasteiger partial charge in [0.25, 0.3) is 11.6 Å². The van der Waals surface area contributed by atoms with Crippen molar-refractivity contribution in [3.63, 3.8) is 0 Å². The number of nitro benzene ring substituents is 1. The number of nitro groups is 1. The number of halogens is 1. The summed E-state index contributed by atoms with van der Waals surface area (Å²) < 4.78 is 0. The predicted octanol–water partition coefficient (Wildman–Crippen LogP) is 3.50. The molecule has 19 heavy (non-hydrogen) atoms. The molecule has 0 heterocycles. The summed E-state index contributed by atoms with van der Waals surface area (Å²) in [6, 6.07) is 12.3. The number of carbonyl (C=O) groups is 1. The molecule has 0 radical (unpaired) electrons. The van der Waals surface area contributed by atoms with E-state index in [1.807, 2.05) is 0 Å². The molecule has 1 N–H and O–H groups in total. The third-order valence-electron chi connectivity index (χ3n) is 2.43. The first-order chi connectivity index (χ1) is 9.08. The van der Waals surface area contributed by atoms with Crippen molar-refractivity contribution in [1.82, 2.24) is 0 Å². The molecule has 2 aromatic carbocycles. The Morgan fingerprint density at radius 3 is 2.58 bits per heavy atom. The van der Waals surface area contributed by atoms with Gasteiger partial charge < -0.3 is 5.32 Å². The van der Waals surface area contributed by atoms with E-state index in [2.05, 4.69) is 5.32 Å². The number of nitrogens with one attached hydrogen (secondary N) is 1. The molecule has 2 rings (SSSR count). The lowest BCUT2D eigenvalue weighted by atomic mass is 10.2. The van der Waals surface area contributed by atoms with Crippen LogP contribution in [0, 0.1) is 10.1 Å². The van der Waals surface area contributed by atoms with Crippen molar-refractivity contribution in [2.75, 3.05) is 5.32 Å². The van der Waals surface area contributed by atoms with Crippen molar-refractivity contribution >= 4 is 28.9 Å². The van der Waals surface area contributed by atoms with Gasteiger partial charge in [0, 0.05) is 17.8 Å². The lowest BCUT2D eigenvalue weighted by Gasteiger charge is -2.06. The van der Waals surface area contributed by atoms with Crippen LogP contribution >= 0.6 is 11.6 Å². The topological polar surface area (TPSA) is 72.2 Å². The minimum Gasteiger partial charge on any atom is -0.322 e. The molecule has 1 amide bonds. The molecule has 6 heteroatoms. The largest absolute Gasteiger partial charge is 0.322 e. The molecular formula is C13H9ClN2O3. The average Bonchev–Trinajstić information content (AvgIpc) is 2.39. The van der Waals surface area contributed by atoms with Gasteiger partial charge in [0.15, 0.2) is 0 Å². The third-order valence-corrected chi connectivity index (χ3v) is 2.76. The van der Waals surface area contributed by atoms with Crippen LogP contribution in [0.25, 0.3) is 0 Å². The minimum absolute atomic E-state index is 0.0861. The van der Waals surface area contributed by atoms with Gasteiger partial charge in [0.05, 0.1) is 15.5 Å². The van der Waals surface area contributed by atoms with E-state index in [0.717, 1.165) is 0 Å².